The lowest BCUT2D eigenvalue weighted by atomic mass is 9.92. The highest BCUT2D eigenvalue weighted by Crippen LogP contribution is 2.40. The van der Waals surface area contributed by atoms with Crippen LogP contribution in [0.5, 0.6) is 11.5 Å². The van der Waals surface area contributed by atoms with Crippen LogP contribution in [-0.2, 0) is 0 Å². The second-order valence-corrected chi connectivity index (χ2v) is 4.78. The minimum Gasteiger partial charge on any atom is -0.493 e. The zero-order valence-electron chi connectivity index (χ0n) is 11.3. The lowest BCUT2D eigenvalue weighted by Crippen LogP contribution is -2.19. The van der Waals surface area contributed by atoms with Gasteiger partial charge < -0.3 is 14.6 Å². The third kappa shape index (κ3) is 2.99. The molecule has 0 spiro atoms. The number of methoxy groups -OCH3 is 1. The van der Waals surface area contributed by atoms with Crippen LogP contribution in [0.1, 0.15) is 31.2 Å². The van der Waals surface area contributed by atoms with Crippen molar-refractivity contribution in [2.75, 3.05) is 13.7 Å². The Morgan fingerprint density at radius 2 is 2.16 bits per heavy atom. The molecule has 0 aliphatic heterocycles. The molecule has 1 saturated carbocycles. The standard InChI is InChI=1S/C15H19NO3/c1-3-19-14-8-11(6-7-13(14)18-2)12(9-16)15(17)10-4-5-10/h6-8,10,12,15,17H,3-5H2,1-2H3. The minimum atomic E-state index is -0.590. The minimum absolute atomic E-state index is 0.266. The molecule has 2 unspecified atom stereocenters. The van der Waals surface area contributed by atoms with E-state index in [-0.39, 0.29) is 5.92 Å². The van der Waals surface area contributed by atoms with Gasteiger partial charge in [0.15, 0.2) is 11.5 Å². The van der Waals surface area contributed by atoms with E-state index in [9.17, 15) is 10.4 Å². The van der Waals surface area contributed by atoms with Crippen molar-refractivity contribution in [1.82, 2.24) is 0 Å². The van der Waals surface area contributed by atoms with Crippen LogP contribution < -0.4 is 9.47 Å². The van der Waals surface area contributed by atoms with Gasteiger partial charge >= 0.3 is 0 Å². The summed E-state index contributed by atoms with van der Waals surface area (Å²) in [5.74, 6) is 1.02. The predicted octanol–water partition coefficient (Wildman–Crippen LogP) is 2.47. The Hall–Kier alpha value is -1.73. The molecular formula is C15H19NO3. The summed E-state index contributed by atoms with van der Waals surface area (Å²) < 4.78 is 10.7. The van der Waals surface area contributed by atoms with E-state index < -0.39 is 12.0 Å². The molecule has 0 amide bonds. The lowest BCUT2D eigenvalue weighted by Gasteiger charge is -2.18. The Morgan fingerprint density at radius 1 is 1.42 bits per heavy atom. The van der Waals surface area contributed by atoms with Crippen LogP contribution in [0.4, 0.5) is 0 Å². The number of ether oxygens (including phenoxy) is 2. The van der Waals surface area contributed by atoms with E-state index in [0.717, 1.165) is 18.4 Å². The van der Waals surface area contributed by atoms with Crippen molar-refractivity contribution in [2.45, 2.75) is 31.8 Å². The quantitative estimate of drug-likeness (QED) is 0.854. The van der Waals surface area contributed by atoms with Crippen molar-refractivity contribution in [2.24, 2.45) is 5.92 Å². The molecule has 2 atom stereocenters. The van der Waals surface area contributed by atoms with E-state index in [1.807, 2.05) is 13.0 Å². The van der Waals surface area contributed by atoms with Crippen LogP contribution in [-0.4, -0.2) is 24.9 Å². The molecule has 1 aromatic carbocycles. The van der Waals surface area contributed by atoms with Gasteiger partial charge in [0.1, 0.15) is 0 Å². The van der Waals surface area contributed by atoms with Crippen LogP contribution in [0.15, 0.2) is 18.2 Å². The number of benzene rings is 1. The van der Waals surface area contributed by atoms with Gasteiger partial charge in [0.25, 0.3) is 0 Å². The SMILES string of the molecule is CCOc1cc(C(C#N)C(O)C2CC2)ccc1OC. The molecule has 1 aliphatic carbocycles. The summed E-state index contributed by atoms with van der Waals surface area (Å²) in [6.45, 7) is 2.43. The number of nitriles is 1. The van der Waals surface area contributed by atoms with Crippen molar-refractivity contribution in [3.8, 4) is 17.6 Å². The Labute approximate surface area is 113 Å². The third-order valence-electron chi connectivity index (χ3n) is 3.43. The summed E-state index contributed by atoms with van der Waals surface area (Å²) in [5.41, 5.74) is 0.783. The summed E-state index contributed by atoms with van der Waals surface area (Å²) in [7, 11) is 1.58. The largest absolute Gasteiger partial charge is 0.493 e. The lowest BCUT2D eigenvalue weighted by molar-refractivity contribution is 0.138. The van der Waals surface area contributed by atoms with Gasteiger partial charge in [-0.1, -0.05) is 6.07 Å². The molecular weight excluding hydrogens is 242 g/mol. The number of aliphatic hydroxyl groups excluding tert-OH is 1. The van der Waals surface area contributed by atoms with E-state index in [2.05, 4.69) is 6.07 Å². The Kier molecular flexibility index (Phi) is 4.28. The zero-order chi connectivity index (χ0) is 13.8. The number of aliphatic hydroxyl groups is 1. The highest BCUT2D eigenvalue weighted by atomic mass is 16.5. The van der Waals surface area contributed by atoms with Gasteiger partial charge in [-0.2, -0.15) is 5.26 Å². The van der Waals surface area contributed by atoms with E-state index in [0.29, 0.717) is 18.1 Å². The van der Waals surface area contributed by atoms with Crippen molar-refractivity contribution in [1.29, 1.82) is 5.26 Å². The molecule has 0 aromatic heterocycles. The number of rotatable bonds is 6. The maximum Gasteiger partial charge on any atom is 0.161 e. The van der Waals surface area contributed by atoms with Gasteiger partial charge in [0.2, 0.25) is 0 Å². The number of nitrogens with zero attached hydrogens (tertiary/aromatic N) is 1. The zero-order valence-corrected chi connectivity index (χ0v) is 11.3. The summed E-state index contributed by atoms with van der Waals surface area (Å²) >= 11 is 0. The first-order valence-corrected chi connectivity index (χ1v) is 6.59. The average molecular weight is 261 g/mol. The summed E-state index contributed by atoms with van der Waals surface area (Å²) in [6, 6.07) is 7.60. The van der Waals surface area contributed by atoms with E-state index in [1.54, 1.807) is 19.2 Å². The van der Waals surface area contributed by atoms with Crippen LogP contribution >= 0.6 is 0 Å². The van der Waals surface area contributed by atoms with E-state index in [1.165, 1.54) is 0 Å². The highest BCUT2D eigenvalue weighted by Gasteiger charge is 2.36. The number of hydrogen-bond donors (Lipinski definition) is 1. The molecule has 1 aromatic rings. The first-order valence-electron chi connectivity index (χ1n) is 6.59. The molecule has 0 bridgehead atoms. The fourth-order valence-corrected chi connectivity index (χ4v) is 2.21. The van der Waals surface area contributed by atoms with Gasteiger partial charge in [-0.15, -0.1) is 0 Å². The molecule has 4 nitrogen and oxygen atoms in total. The first kappa shape index (κ1) is 13.7. The van der Waals surface area contributed by atoms with Gasteiger partial charge in [-0.05, 0) is 43.4 Å². The Morgan fingerprint density at radius 3 is 2.68 bits per heavy atom. The molecule has 102 valence electrons. The second-order valence-electron chi connectivity index (χ2n) is 4.78. The van der Waals surface area contributed by atoms with E-state index >= 15 is 0 Å². The van der Waals surface area contributed by atoms with Crippen LogP contribution in [0.2, 0.25) is 0 Å². The van der Waals surface area contributed by atoms with Gasteiger partial charge in [-0.3, -0.25) is 0 Å². The predicted molar refractivity (Wildman–Crippen MR) is 71.2 cm³/mol. The maximum atomic E-state index is 10.2. The number of hydrogen-bond acceptors (Lipinski definition) is 4. The molecule has 0 radical (unpaired) electrons. The normalized spacial score (nSPS) is 17.4. The molecule has 1 N–H and O–H groups in total. The Balaban J connectivity index is 2.27. The van der Waals surface area contributed by atoms with Crippen molar-refractivity contribution >= 4 is 0 Å². The van der Waals surface area contributed by atoms with Crippen LogP contribution in [0, 0.1) is 17.2 Å². The first-order chi connectivity index (χ1) is 9.21. The van der Waals surface area contributed by atoms with Crippen molar-refractivity contribution < 1.29 is 14.6 Å². The van der Waals surface area contributed by atoms with Gasteiger partial charge in [0.05, 0.1) is 31.8 Å². The van der Waals surface area contributed by atoms with E-state index in [4.69, 9.17) is 9.47 Å². The van der Waals surface area contributed by atoms with Crippen LogP contribution in [0.25, 0.3) is 0 Å². The molecule has 4 heteroatoms. The monoisotopic (exact) mass is 261 g/mol. The molecule has 1 aliphatic rings. The molecule has 0 heterocycles. The van der Waals surface area contributed by atoms with Crippen molar-refractivity contribution in [3.63, 3.8) is 0 Å². The van der Waals surface area contributed by atoms with Crippen molar-refractivity contribution in [3.05, 3.63) is 23.8 Å². The van der Waals surface area contributed by atoms with Gasteiger partial charge in [-0.25, -0.2) is 0 Å². The summed E-state index contributed by atoms with van der Waals surface area (Å²) in [6.07, 6.45) is 1.43. The third-order valence-corrected chi connectivity index (χ3v) is 3.43. The molecule has 19 heavy (non-hydrogen) atoms. The van der Waals surface area contributed by atoms with Crippen LogP contribution in [0.3, 0.4) is 0 Å². The Bertz CT molecular complexity index is 477. The highest BCUT2D eigenvalue weighted by molar-refractivity contribution is 5.45. The molecule has 0 saturated heterocycles. The smallest absolute Gasteiger partial charge is 0.161 e. The van der Waals surface area contributed by atoms with Gasteiger partial charge in [0, 0.05) is 0 Å². The molecule has 2 rings (SSSR count). The fraction of sp³-hybridized carbons (Fsp3) is 0.533. The topological polar surface area (TPSA) is 62.5 Å². The average Bonchev–Trinajstić information content (AvgIpc) is 3.24. The molecule has 1 fully saturated rings. The summed E-state index contributed by atoms with van der Waals surface area (Å²) in [5, 5.41) is 19.4. The second kappa shape index (κ2) is 5.94. The fourth-order valence-electron chi connectivity index (χ4n) is 2.21. The maximum absolute atomic E-state index is 10.2. The summed E-state index contributed by atoms with van der Waals surface area (Å²) in [4.78, 5) is 0.